The van der Waals surface area contributed by atoms with Gasteiger partial charge in [0.15, 0.2) is 0 Å². The Kier molecular flexibility index (Phi) is 2.00. The van der Waals surface area contributed by atoms with Crippen LogP contribution in [0, 0.1) is 0 Å². The summed E-state index contributed by atoms with van der Waals surface area (Å²) >= 11 is 3.50. The molecule has 0 aromatic carbocycles. The van der Waals surface area contributed by atoms with E-state index in [1.165, 1.54) is 0 Å². The molecular weight excluding hydrogens is 230 g/mol. The van der Waals surface area contributed by atoms with E-state index in [0.717, 1.165) is 23.0 Å². The zero-order valence-electron chi connectivity index (χ0n) is 7.92. The fourth-order valence-electron chi connectivity index (χ4n) is 1.57. The van der Waals surface area contributed by atoms with Gasteiger partial charge in [0.25, 0.3) is 0 Å². The average molecular weight is 244 g/mol. The topological polar surface area (TPSA) is 43.8 Å². The molecule has 72 valence electrons. The fourth-order valence-corrected chi connectivity index (χ4v) is 2.24. The molecule has 1 saturated carbocycles. The second-order valence-electron chi connectivity index (χ2n) is 4.04. The second-order valence-corrected chi connectivity index (χ2v) is 4.89. The van der Waals surface area contributed by atoms with E-state index in [1.54, 1.807) is 0 Å². The Morgan fingerprint density at radius 1 is 1.62 bits per heavy atom. The highest BCUT2D eigenvalue weighted by Crippen LogP contribution is 2.45. The highest BCUT2D eigenvalue weighted by Gasteiger charge is 2.44. The van der Waals surface area contributed by atoms with Crippen LogP contribution in [0.2, 0.25) is 0 Å². The first-order valence-electron chi connectivity index (χ1n) is 4.57. The molecule has 0 radical (unpaired) electrons. The van der Waals surface area contributed by atoms with Crippen LogP contribution >= 0.6 is 15.9 Å². The van der Waals surface area contributed by atoms with E-state index < -0.39 is 0 Å². The number of nitrogens with zero attached hydrogens (tertiary/aromatic N) is 2. The third-order valence-electron chi connectivity index (χ3n) is 2.50. The Bertz CT molecular complexity index is 326. The number of hydrogen-bond acceptors (Lipinski definition) is 2. The quantitative estimate of drug-likeness (QED) is 0.866. The molecule has 3 nitrogen and oxygen atoms in total. The molecule has 0 unspecified atom stereocenters. The second kappa shape index (κ2) is 2.82. The molecule has 2 N–H and O–H groups in total. The van der Waals surface area contributed by atoms with Gasteiger partial charge in [-0.05, 0) is 42.6 Å². The lowest BCUT2D eigenvalue weighted by atomic mass is 10.2. The van der Waals surface area contributed by atoms with Gasteiger partial charge in [0, 0.05) is 6.04 Å². The third-order valence-corrected chi connectivity index (χ3v) is 3.08. The van der Waals surface area contributed by atoms with E-state index in [-0.39, 0.29) is 5.54 Å². The molecule has 0 spiro atoms. The maximum atomic E-state index is 6.16. The van der Waals surface area contributed by atoms with Crippen molar-refractivity contribution in [3.8, 4) is 0 Å². The predicted octanol–water partition coefficient (Wildman–Crippen LogP) is 2.17. The molecule has 0 aliphatic heterocycles. The van der Waals surface area contributed by atoms with Gasteiger partial charge in [-0.15, -0.1) is 0 Å². The van der Waals surface area contributed by atoms with E-state index in [0.29, 0.717) is 6.04 Å². The van der Waals surface area contributed by atoms with Crippen molar-refractivity contribution in [2.75, 3.05) is 0 Å². The number of halogens is 1. The number of rotatable bonds is 2. The third kappa shape index (κ3) is 1.42. The molecule has 1 fully saturated rings. The number of aromatic nitrogens is 2. The van der Waals surface area contributed by atoms with Gasteiger partial charge in [0.2, 0.25) is 0 Å². The van der Waals surface area contributed by atoms with Gasteiger partial charge in [-0.25, -0.2) is 0 Å². The summed E-state index contributed by atoms with van der Waals surface area (Å²) in [7, 11) is 0. The van der Waals surface area contributed by atoms with Crippen LogP contribution in [0.15, 0.2) is 10.7 Å². The van der Waals surface area contributed by atoms with Crippen LogP contribution in [0.4, 0.5) is 0 Å². The maximum Gasteiger partial charge on any atom is 0.0727 e. The van der Waals surface area contributed by atoms with E-state index >= 15 is 0 Å². The first-order valence-corrected chi connectivity index (χ1v) is 5.36. The van der Waals surface area contributed by atoms with Crippen LogP contribution in [0.25, 0.3) is 0 Å². The lowest BCUT2D eigenvalue weighted by Crippen LogP contribution is -2.24. The van der Waals surface area contributed by atoms with Crippen LogP contribution in [0.1, 0.15) is 38.4 Å². The van der Waals surface area contributed by atoms with Crippen molar-refractivity contribution in [2.24, 2.45) is 5.73 Å². The molecule has 1 aromatic rings. The lowest BCUT2D eigenvalue weighted by Gasteiger charge is -2.16. The minimum absolute atomic E-state index is 0.112. The minimum atomic E-state index is -0.112. The molecule has 1 aromatic heterocycles. The zero-order chi connectivity index (χ0) is 9.64. The van der Waals surface area contributed by atoms with Crippen molar-refractivity contribution in [2.45, 2.75) is 38.3 Å². The summed E-state index contributed by atoms with van der Waals surface area (Å²) in [6.45, 7) is 4.24. The highest BCUT2D eigenvalue weighted by atomic mass is 79.9. The van der Waals surface area contributed by atoms with E-state index in [4.69, 9.17) is 5.73 Å². The maximum absolute atomic E-state index is 6.16. The van der Waals surface area contributed by atoms with Gasteiger partial charge in [-0.1, -0.05) is 0 Å². The molecule has 2 rings (SSSR count). The standard InChI is InChI=1S/C9H14BrN3/c1-6(2)13-8(7(10)5-12-13)9(11)3-4-9/h5-6H,3-4,11H2,1-2H3. The smallest absolute Gasteiger partial charge is 0.0727 e. The first-order chi connectivity index (χ1) is 6.04. The van der Waals surface area contributed by atoms with Gasteiger partial charge >= 0.3 is 0 Å². The van der Waals surface area contributed by atoms with E-state index in [9.17, 15) is 0 Å². The van der Waals surface area contributed by atoms with Gasteiger partial charge < -0.3 is 5.73 Å². The van der Waals surface area contributed by atoms with Crippen LogP contribution in [0.5, 0.6) is 0 Å². The SMILES string of the molecule is CC(C)n1ncc(Br)c1C1(N)CC1. The van der Waals surface area contributed by atoms with Crippen LogP contribution in [0.3, 0.4) is 0 Å². The normalized spacial score (nSPS) is 19.5. The van der Waals surface area contributed by atoms with Crippen molar-refractivity contribution < 1.29 is 0 Å². The number of hydrogen-bond donors (Lipinski definition) is 1. The predicted molar refractivity (Wildman–Crippen MR) is 55.4 cm³/mol. The Morgan fingerprint density at radius 3 is 2.69 bits per heavy atom. The summed E-state index contributed by atoms with van der Waals surface area (Å²) in [5.41, 5.74) is 7.20. The van der Waals surface area contributed by atoms with Crippen molar-refractivity contribution in [1.82, 2.24) is 9.78 Å². The van der Waals surface area contributed by atoms with E-state index in [2.05, 4.69) is 34.9 Å². The van der Waals surface area contributed by atoms with Gasteiger partial charge in [0.05, 0.1) is 21.9 Å². The molecular formula is C9H14BrN3. The zero-order valence-corrected chi connectivity index (χ0v) is 9.50. The largest absolute Gasteiger partial charge is 0.320 e. The molecule has 0 atom stereocenters. The number of nitrogens with two attached hydrogens (primary N) is 1. The monoisotopic (exact) mass is 243 g/mol. The summed E-state index contributed by atoms with van der Waals surface area (Å²) in [5.74, 6) is 0. The Hall–Kier alpha value is -0.350. The molecule has 1 heterocycles. The van der Waals surface area contributed by atoms with Crippen molar-refractivity contribution in [3.05, 3.63) is 16.4 Å². The van der Waals surface area contributed by atoms with Crippen molar-refractivity contribution in [3.63, 3.8) is 0 Å². The molecule has 0 amide bonds. The molecule has 4 heteroatoms. The first kappa shape index (κ1) is 9.21. The fraction of sp³-hybridized carbons (Fsp3) is 0.667. The summed E-state index contributed by atoms with van der Waals surface area (Å²) in [5, 5.41) is 4.31. The highest BCUT2D eigenvalue weighted by molar-refractivity contribution is 9.10. The Balaban J connectivity index is 2.47. The molecule has 0 bridgehead atoms. The van der Waals surface area contributed by atoms with Crippen LogP contribution in [-0.2, 0) is 5.54 Å². The molecule has 0 saturated heterocycles. The van der Waals surface area contributed by atoms with Crippen molar-refractivity contribution >= 4 is 15.9 Å². The summed E-state index contributed by atoms with van der Waals surface area (Å²) in [4.78, 5) is 0. The Labute approximate surface area is 86.4 Å². The molecule has 1 aliphatic rings. The van der Waals surface area contributed by atoms with Gasteiger partial charge in [-0.2, -0.15) is 5.10 Å². The molecule has 1 aliphatic carbocycles. The van der Waals surface area contributed by atoms with E-state index in [1.807, 2.05) is 10.9 Å². The van der Waals surface area contributed by atoms with Gasteiger partial charge in [0.1, 0.15) is 0 Å². The average Bonchev–Trinajstić information content (AvgIpc) is 2.62. The summed E-state index contributed by atoms with van der Waals surface area (Å²) < 4.78 is 3.05. The summed E-state index contributed by atoms with van der Waals surface area (Å²) in [6.07, 6.45) is 3.98. The Morgan fingerprint density at radius 2 is 2.23 bits per heavy atom. The summed E-state index contributed by atoms with van der Waals surface area (Å²) in [6, 6.07) is 0.377. The minimum Gasteiger partial charge on any atom is -0.320 e. The lowest BCUT2D eigenvalue weighted by molar-refractivity contribution is 0.480. The van der Waals surface area contributed by atoms with Crippen LogP contribution in [-0.4, -0.2) is 9.78 Å². The van der Waals surface area contributed by atoms with Crippen LogP contribution < -0.4 is 5.73 Å². The van der Waals surface area contributed by atoms with Crippen molar-refractivity contribution in [1.29, 1.82) is 0 Å². The molecule has 13 heavy (non-hydrogen) atoms. The van der Waals surface area contributed by atoms with Gasteiger partial charge in [-0.3, -0.25) is 4.68 Å².